The van der Waals surface area contributed by atoms with Gasteiger partial charge < -0.3 is 44.2 Å². The number of likely N-dealkylation sites (tertiary alicyclic amines) is 1. The van der Waals surface area contributed by atoms with Gasteiger partial charge in [-0.05, 0) is 62.7 Å². The first-order chi connectivity index (χ1) is 20.1. The van der Waals surface area contributed by atoms with Crippen molar-refractivity contribution in [2.75, 3.05) is 13.7 Å². The molecule has 0 aliphatic carbocycles. The van der Waals surface area contributed by atoms with Gasteiger partial charge in [-0.3, -0.25) is 9.69 Å². The molecular formula is C28H29F3NO11-. The van der Waals surface area contributed by atoms with Crippen molar-refractivity contribution in [2.45, 2.75) is 57.2 Å². The monoisotopic (exact) mass is 612 g/mol. The smallest absolute Gasteiger partial charge is 0.453 e. The number of ether oxygens (including phenoxy) is 2. The van der Waals surface area contributed by atoms with Gasteiger partial charge in [0.25, 0.3) is 5.76 Å². The van der Waals surface area contributed by atoms with E-state index in [1.807, 2.05) is 6.92 Å². The number of rotatable bonds is 8. The van der Waals surface area contributed by atoms with Crippen LogP contribution in [-0.2, 0) is 22.3 Å². The van der Waals surface area contributed by atoms with Crippen LogP contribution < -0.4 is 20.0 Å². The van der Waals surface area contributed by atoms with Crippen LogP contribution in [0, 0.1) is 0 Å². The fourth-order valence-corrected chi connectivity index (χ4v) is 4.34. The number of carbonyl (C=O) groups is 2. The molecule has 3 aromatic rings. The summed E-state index contributed by atoms with van der Waals surface area (Å²) in [6.45, 7) is 2.94. The average Bonchev–Trinajstić information content (AvgIpc) is 2.96. The average molecular weight is 613 g/mol. The molecule has 4 rings (SSSR count). The van der Waals surface area contributed by atoms with Crippen molar-refractivity contribution in [2.24, 2.45) is 0 Å². The van der Waals surface area contributed by atoms with Crippen molar-refractivity contribution < 1.29 is 62.2 Å². The highest BCUT2D eigenvalue weighted by Crippen LogP contribution is 2.40. The molecule has 2 aromatic carbocycles. The number of piperidine rings is 1. The molecule has 0 saturated carbocycles. The Hall–Kier alpha value is -4.34. The van der Waals surface area contributed by atoms with Crippen molar-refractivity contribution in [3.05, 3.63) is 57.9 Å². The number of phenols is 1. The first-order valence-electron chi connectivity index (χ1n) is 12.9. The fourth-order valence-electron chi connectivity index (χ4n) is 4.34. The molecule has 1 aromatic heterocycles. The van der Waals surface area contributed by atoms with Crippen molar-refractivity contribution in [1.82, 2.24) is 4.90 Å². The third-order valence-electron chi connectivity index (χ3n) is 6.73. The fraction of sp³-hybridized carbons (Fsp3) is 0.393. The summed E-state index contributed by atoms with van der Waals surface area (Å²) in [6.07, 6.45) is -6.73. The number of carbonyl (C=O) groups excluding carboxylic acids is 1. The number of nitrogens with zero attached hydrogens (tertiary/aromatic N) is 1. The zero-order valence-corrected chi connectivity index (χ0v) is 23.0. The lowest BCUT2D eigenvalue weighted by molar-refractivity contribution is -0.318. The Morgan fingerprint density at radius 2 is 1.72 bits per heavy atom. The van der Waals surface area contributed by atoms with Gasteiger partial charge >= 0.3 is 12.1 Å². The number of halogens is 3. The van der Waals surface area contributed by atoms with Gasteiger partial charge in [-0.25, -0.2) is 4.79 Å². The number of hydrogen-bond acceptors (Lipinski definition) is 11. The number of alkyl halides is 3. The summed E-state index contributed by atoms with van der Waals surface area (Å²) in [5.74, 6) is -6.05. The molecule has 0 bridgehead atoms. The number of fused-ring (bicyclic) bond motifs is 1. The van der Waals surface area contributed by atoms with Gasteiger partial charge in [0.15, 0.2) is 6.10 Å². The number of hydrogen-bond donors (Lipinski definition) is 4. The highest BCUT2D eigenvalue weighted by molar-refractivity contribution is 5.84. The molecular weight excluding hydrogens is 583 g/mol. The summed E-state index contributed by atoms with van der Waals surface area (Å²) in [7, 11) is 1.45. The van der Waals surface area contributed by atoms with Crippen molar-refractivity contribution in [1.29, 1.82) is 0 Å². The maximum atomic E-state index is 13.9. The van der Waals surface area contributed by atoms with Crippen LogP contribution in [0.15, 0.2) is 45.6 Å². The minimum atomic E-state index is -4.99. The van der Waals surface area contributed by atoms with E-state index in [1.165, 1.54) is 43.5 Å². The molecule has 3 atom stereocenters. The van der Waals surface area contributed by atoms with Gasteiger partial charge in [0.05, 0.1) is 24.0 Å². The predicted octanol–water partition coefficient (Wildman–Crippen LogP) is 2.24. The van der Waals surface area contributed by atoms with Crippen LogP contribution in [0.25, 0.3) is 11.0 Å². The predicted molar refractivity (Wildman–Crippen MR) is 141 cm³/mol. The van der Waals surface area contributed by atoms with E-state index < -0.39 is 47.3 Å². The molecule has 0 amide bonds. The minimum absolute atomic E-state index is 0.0223. The third-order valence-corrected chi connectivity index (χ3v) is 6.73. The summed E-state index contributed by atoms with van der Waals surface area (Å²) in [4.78, 5) is 34.6. The molecule has 1 aliphatic heterocycles. The lowest BCUT2D eigenvalue weighted by atomic mass is 10.0. The topological polar surface area (TPSA) is 190 Å². The molecule has 1 saturated heterocycles. The SMILES string of the molecule is COc1ccc(Oc2c(C(F)(F)F)oc3c(CN4CCCCC4C)c(O)ccc3c2=O)cc1.O=C([O-])C(O)C(O)C(=O)O. The van der Waals surface area contributed by atoms with E-state index >= 15 is 0 Å². The Balaban J connectivity index is 0.000000436. The molecule has 0 spiro atoms. The van der Waals surface area contributed by atoms with E-state index in [1.54, 1.807) is 0 Å². The maximum absolute atomic E-state index is 13.9. The van der Waals surface area contributed by atoms with Crippen LogP contribution in [0.4, 0.5) is 13.2 Å². The van der Waals surface area contributed by atoms with Crippen LogP contribution in [0.1, 0.15) is 37.5 Å². The molecule has 15 heteroatoms. The standard InChI is InChI=1S/C24H24F3NO5.C4H6O6/c1-14-5-3-4-12-28(14)13-18-19(29)11-10-17-20(30)22(23(24(25,26)27)33-21(17)18)32-16-8-6-15(31-2)7-9-16;5-1(3(7)8)2(6)4(9)10/h6-11,14,29H,3-5,12-13H2,1-2H3;1-2,5-6H,(H,7,8)(H,9,10)/p-1. The lowest BCUT2D eigenvalue weighted by Gasteiger charge is -2.33. The zero-order chi connectivity index (χ0) is 32.1. The Bertz CT molecular complexity index is 1490. The number of benzene rings is 2. The number of aromatic hydroxyl groups is 1. The van der Waals surface area contributed by atoms with Gasteiger partial charge in [0.2, 0.25) is 11.2 Å². The van der Waals surface area contributed by atoms with Crippen LogP contribution in [0.5, 0.6) is 23.0 Å². The molecule has 12 nitrogen and oxygen atoms in total. The number of carboxylic acid groups (broad SMARTS) is 2. The quantitative estimate of drug-likeness (QED) is 0.291. The molecule has 43 heavy (non-hydrogen) atoms. The number of carboxylic acids is 2. The van der Waals surface area contributed by atoms with E-state index in [-0.39, 0.29) is 40.6 Å². The first-order valence-corrected chi connectivity index (χ1v) is 12.9. The maximum Gasteiger partial charge on any atom is 0.453 e. The van der Waals surface area contributed by atoms with Gasteiger partial charge in [-0.1, -0.05) is 6.42 Å². The largest absolute Gasteiger partial charge is 0.547 e. The van der Waals surface area contributed by atoms with Crippen molar-refractivity contribution in [3.63, 3.8) is 0 Å². The van der Waals surface area contributed by atoms with E-state index in [4.69, 9.17) is 29.2 Å². The van der Waals surface area contributed by atoms with Crippen LogP contribution in [0.2, 0.25) is 0 Å². The number of phenolic OH excluding ortho intramolecular Hbond substituents is 1. The van der Waals surface area contributed by atoms with Gasteiger partial charge in [0, 0.05) is 12.6 Å². The summed E-state index contributed by atoms with van der Waals surface area (Å²) >= 11 is 0. The minimum Gasteiger partial charge on any atom is -0.547 e. The zero-order valence-electron chi connectivity index (χ0n) is 23.0. The molecule has 1 aliphatic rings. The summed E-state index contributed by atoms with van der Waals surface area (Å²) in [5, 5.41) is 44.5. The molecule has 0 radical (unpaired) electrons. The summed E-state index contributed by atoms with van der Waals surface area (Å²) in [6, 6.07) is 8.53. The van der Waals surface area contributed by atoms with E-state index in [9.17, 15) is 37.8 Å². The summed E-state index contributed by atoms with van der Waals surface area (Å²) in [5.41, 5.74) is -1.10. The number of aliphatic carboxylic acids is 2. The second-order valence-corrected chi connectivity index (χ2v) is 9.67. The van der Waals surface area contributed by atoms with E-state index in [2.05, 4.69) is 4.90 Å². The normalized spacial score (nSPS) is 17.0. The van der Waals surface area contributed by atoms with E-state index in [0.29, 0.717) is 5.75 Å². The number of aliphatic hydroxyl groups is 2. The Morgan fingerprint density at radius 3 is 2.23 bits per heavy atom. The second-order valence-electron chi connectivity index (χ2n) is 9.67. The van der Waals surface area contributed by atoms with Gasteiger partial charge in [-0.2, -0.15) is 13.2 Å². The van der Waals surface area contributed by atoms with Crippen LogP contribution in [-0.4, -0.2) is 69.2 Å². The number of aliphatic hydroxyl groups excluding tert-OH is 2. The molecule has 4 N–H and O–H groups in total. The van der Waals surface area contributed by atoms with Crippen LogP contribution >= 0.6 is 0 Å². The molecule has 2 heterocycles. The van der Waals surface area contributed by atoms with E-state index in [0.717, 1.165) is 25.8 Å². The van der Waals surface area contributed by atoms with Gasteiger partial charge in [-0.15, -0.1) is 0 Å². The Morgan fingerprint density at radius 1 is 1.09 bits per heavy atom. The Kier molecular flexibility index (Phi) is 10.6. The van der Waals surface area contributed by atoms with Crippen molar-refractivity contribution in [3.8, 4) is 23.0 Å². The first kappa shape index (κ1) is 33.2. The molecule has 234 valence electrons. The summed E-state index contributed by atoms with van der Waals surface area (Å²) < 4.78 is 57.4. The highest BCUT2D eigenvalue weighted by Gasteiger charge is 2.41. The second kappa shape index (κ2) is 13.8. The number of methoxy groups -OCH3 is 1. The lowest BCUT2D eigenvalue weighted by Crippen LogP contribution is -2.46. The molecule has 3 unspecified atom stereocenters. The Labute approximate surface area is 242 Å². The highest BCUT2D eigenvalue weighted by atomic mass is 19.4. The van der Waals surface area contributed by atoms with Crippen LogP contribution in [0.3, 0.4) is 0 Å². The third kappa shape index (κ3) is 7.94. The van der Waals surface area contributed by atoms with Crippen molar-refractivity contribution >= 4 is 22.9 Å². The van der Waals surface area contributed by atoms with Gasteiger partial charge in [0.1, 0.15) is 28.9 Å². The molecule has 1 fully saturated rings.